The van der Waals surface area contributed by atoms with E-state index in [0.29, 0.717) is 12.8 Å². The average molecular weight is 927 g/mol. The molecule has 0 amide bonds. The van der Waals surface area contributed by atoms with Gasteiger partial charge in [0, 0.05) is 12.8 Å². The van der Waals surface area contributed by atoms with E-state index in [1.165, 1.54) is 38.5 Å². The molecule has 0 aliphatic carbocycles. The lowest BCUT2D eigenvalue weighted by molar-refractivity contribution is -0.153. The Morgan fingerprint density at radius 3 is 1.06 bits per heavy atom. The minimum absolute atomic E-state index is 0.0600. The molecule has 0 bridgehead atoms. The number of aliphatic hydroxyl groups is 2. The van der Waals surface area contributed by atoms with Gasteiger partial charge in [-0.25, -0.2) is 4.57 Å². The van der Waals surface area contributed by atoms with Gasteiger partial charge in [-0.15, -0.1) is 0 Å². The fourth-order valence-electron chi connectivity index (χ4n) is 6.01. The Morgan fingerprint density at radius 2 is 0.708 bits per heavy atom. The number of ether oxygens (including phenoxy) is 2. The molecule has 0 fully saturated rings. The number of hydrogen-bond acceptors (Lipinski definition) is 9. The first kappa shape index (κ1) is 61.4. The van der Waals surface area contributed by atoms with E-state index < -0.39 is 58.4 Å². The summed E-state index contributed by atoms with van der Waals surface area (Å²) in [6, 6.07) is 0. The van der Waals surface area contributed by atoms with Gasteiger partial charge in [0.2, 0.25) is 0 Å². The van der Waals surface area contributed by atoms with Gasteiger partial charge >= 0.3 is 19.8 Å². The SMILES string of the molecule is CC/C=C\C/C=C\C/C=C\C/C=C\C/C=C\C/C=C\CCC(=O)OC(CO)COP(=O)(O)OCC(CO)OC(=O)CCCCCCCCCCCC/C=C\C/C=C\C/C=C\C/C=C\CC. The molecule has 368 valence electrons. The first-order valence-electron chi connectivity index (χ1n) is 24.5. The molecule has 65 heavy (non-hydrogen) atoms. The van der Waals surface area contributed by atoms with Gasteiger partial charge in [-0.2, -0.15) is 0 Å². The fraction of sp³-hybridized carbons (Fsp3) is 0.593. The number of rotatable bonds is 44. The molecular formula is C54H87O10P. The molecule has 0 aromatic rings. The van der Waals surface area contributed by atoms with Crippen molar-refractivity contribution >= 4 is 19.8 Å². The summed E-state index contributed by atoms with van der Waals surface area (Å²) in [7, 11) is -4.67. The van der Waals surface area contributed by atoms with E-state index in [1.807, 2.05) is 12.2 Å². The van der Waals surface area contributed by atoms with E-state index in [0.717, 1.165) is 89.9 Å². The molecule has 0 aromatic heterocycles. The molecule has 0 spiro atoms. The second kappa shape index (κ2) is 48.3. The summed E-state index contributed by atoms with van der Waals surface area (Å²) in [5.74, 6) is -1.12. The maximum absolute atomic E-state index is 12.4. The van der Waals surface area contributed by atoms with Gasteiger partial charge in [0.05, 0.1) is 26.4 Å². The zero-order valence-electron chi connectivity index (χ0n) is 40.1. The molecule has 0 heterocycles. The molecule has 3 unspecified atom stereocenters. The zero-order valence-corrected chi connectivity index (χ0v) is 41.0. The summed E-state index contributed by atoms with van der Waals surface area (Å²) >= 11 is 0. The second-order valence-electron chi connectivity index (χ2n) is 15.7. The number of unbranched alkanes of at least 4 members (excludes halogenated alkanes) is 10. The third-order valence-corrected chi connectivity index (χ3v) is 10.6. The molecule has 0 aromatic carbocycles. The summed E-state index contributed by atoms with van der Waals surface area (Å²) in [4.78, 5) is 34.6. The molecule has 3 atom stereocenters. The molecule has 11 heteroatoms. The summed E-state index contributed by atoms with van der Waals surface area (Å²) in [6.45, 7) is 1.88. The van der Waals surface area contributed by atoms with Crippen molar-refractivity contribution in [1.82, 2.24) is 0 Å². The smallest absolute Gasteiger partial charge is 0.457 e. The second-order valence-corrected chi connectivity index (χ2v) is 17.1. The van der Waals surface area contributed by atoms with Crippen molar-refractivity contribution in [3.05, 3.63) is 122 Å². The lowest BCUT2D eigenvalue weighted by Gasteiger charge is -2.20. The summed E-state index contributed by atoms with van der Waals surface area (Å²) in [5.41, 5.74) is 0. The highest BCUT2D eigenvalue weighted by molar-refractivity contribution is 7.47. The number of carbonyl (C=O) groups is 2. The first-order valence-corrected chi connectivity index (χ1v) is 26.0. The zero-order chi connectivity index (χ0) is 47.6. The molecule has 0 aliphatic rings. The van der Waals surface area contributed by atoms with Gasteiger partial charge in [-0.3, -0.25) is 18.6 Å². The van der Waals surface area contributed by atoms with Gasteiger partial charge in [0.1, 0.15) is 12.2 Å². The molecule has 0 radical (unpaired) electrons. The van der Waals surface area contributed by atoms with Crippen LogP contribution in [-0.4, -0.2) is 65.7 Å². The highest BCUT2D eigenvalue weighted by atomic mass is 31.2. The Morgan fingerprint density at radius 1 is 0.415 bits per heavy atom. The summed E-state index contributed by atoms with van der Waals surface area (Å²) in [6.07, 6.45) is 63.3. The number of carbonyl (C=O) groups excluding carboxylic acids is 2. The number of aliphatic hydroxyl groups excluding tert-OH is 2. The fourth-order valence-corrected chi connectivity index (χ4v) is 6.80. The van der Waals surface area contributed by atoms with Crippen LogP contribution in [0, 0.1) is 0 Å². The highest BCUT2D eigenvalue weighted by Crippen LogP contribution is 2.43. The summed E-state index contributed by atoms with van der Waals surface area (Å²) in [5, 5.41) is 19.2. The normalized spacial score (nSPS) is 14.7. The van der Waals surface area contributed by atoms with E-state index in [1.54, 1.807) is 0 Å². The van der Waals surface area contributed by atoms with Crippen molar-refractivity contribution in [2.75, 3.05) is 26.4 Å². The molecule has 3 N–H and O–H groups in total. The van der Waals surface area contributed by atoms with Crippen molar-refractivity contribution in [2.24, 2.45) is 0 Å². The van der Waals surface area contributed by atoms with Gasteiger partial charge < -0.3 is 24.6 Å². The molecule has 0 rings (SSSR count). The Balaban J connectivity index is 3.97. The monoisotopic (exact) mass is 927 g/mol. The standard InChI is InChI=1S/C54H87O10P/c1-3-5-7-9-11-13-15-17-19-21-23-24-25-26-28-30-32-34-36-38-40-42-44-46-54(58)64-52(48-56)50-62-65(59,60)61-49-51(47-55)63-53(57)45-43-41-39-37-35-33-31-29-27-22-20-18-16-14-12-10-8-6-4-2/h5-8,11-14,17-20,23-24,27,29,33,35,39,41,51-52,55-56H,3-4,9-10,15-16,21-22,25-26,28,30-32,34,36-38,40,42-50H2,1-2H3,(H,59,60)/b7-5-,8-6-,13-11-,14-12-,19-17-,20-18-,24-23-,29-27-,35-33-,41-39-. The molecule has 0 aliphatic heterocycles. The van der Waals surface area contributed by atoms with Gasteiger partial charge in [-0.05, 0) is 89.9 Å². The van der Waals surface area contributed by atoms with E-state index >= 15 is 0 Å². The lowest BCUT2D eigenvalue weighted by Crippen LogP contribution is -2.28. The maximum Gasteiger partial charge on any atom is 0.472 e. The molecular weight excluding hydrogens is 840 g/mol. The quantitative estimate of drug-likeness (QED) is 0.0233. The van der Waals surface area contributed by atoms with Crippen LogP contribution in [0.25, 0.3) is 0 Å². The van der Waals surface area contributed by atoms with Crippen LogP contribution in [0.3, 0.4) is 0 Å². The Hall–Kier alpha value is -3.63. The van der Waals surface area contributed by atoms with E-state index in [9.17, 15) is 29.3 Å². The molecule has 0 saturated heterocycles. The van der Waals surface area contributed by atoms with Crippen molar-refractivity contribution in [3.63, 3.8) is 0 Å². The van der Waals surface area contributed by atoms with E-state index in [4.69, 9.17) is 18.5 Å². The van der Waals surface area contributed by atoms with Crippen LogP contribution in [0.5, 0.6) is 0 Å². The number of allylic oxidation sites excluding steroid dienone is 20. The van der Waals surface area contributed by atoms with Gasteiger partial charge in [0.25, 0.3) is 0 Å². The Bertz CT molecular complexity index is 1490. The van der Waals surface area contributed by atoms with Crippen LogP contribution in [0.4, 0.5) is 0 Å². The third-order valence-electron chi connectivity index (χ3n) is 9.68. The maximum atomic E-state index is 12.4. The van der Waals surface area contributed by atoms with Crippen LogP contribution in [0.15, 0.2) is 122 Å². The van der Waals surface area contributed by atoms with Crippen LogP contribution >= 0.6 is 7.82 Å². The summed E-state index contributed by atoms with van der Waals surface area (Å²) < 4.78 is 32.6. The average Bonchev–Trinajstić information content (AvgIpc) is 3.30. The number of phosphoric acid groups is 1. The minimum Gasteiger partial charge on any atom is -0.457 e. The first-order chi connectivity index (χ1) is 31.8. The lowest BCUT2D eigenvalue weighted by atomic mass is 10.0. The van der Waals surface area contributed by atoms with Crippen LogP contribution < -0.4 is 0 Å². The Labute approximate surface area is 394 Å². The Kier molecular flexibility index (Phi) is 45.6. The number of esters is 2. The van der Waals surface area contributed by atoms with Crippen molar-refractivity contribution in [3.8, 4) is 0 Å². The van der Waals surface area contributed by atoms with Gasteiger partial charge in [0.15, 0.2) is 0 Å². The largest absolute Gasteiger partial charge is 0.472 e. The van der Waals surface area contributed by atoms with Gasteiger partial charge in [-0.1, -0.05) is 187 Å². The minimum atomic E-state index is -4.67. The topological polar surface area (TPSA) is 149 Å². The van der Waals surface area contributed by atoms with E-state index in [2.05, 4.69) is 123 Å². The molecule has 10 nitrogen and oxygen atoms in total. The predicted molar refractivity (Wildman–Crippen MR) is 269 cm³/mol. The number of hydrogen-bond donors (Lipinski definition) is 3. The highest BCUT2D eigenvalue weighted by Gasteiger charge is 2.27. The third kappa shape index (κ3) is 46.7. The van der Waals surface area contributed by atoms with Crippen LogP contribution in [0.1, 0.15) is 168 Å². The van der Waals surface area contributed by atoms with E-state index in [-0.39, 0.29) is 12.8 Å². The number of phosphoric ester groups is 1. The van der Waals surface area contributed by atoms with Crippen molar-refractivity contribution in [2.45, 2.75) is 180 Å². The van der Waals surface area contributed by atoms with Crippen molar-refractivity contribution < 1.29 is 47.8 Å². The van der Waals surface area contributed by atoms with Crippen LogP contribution in [-0.2, 0) is 32.7 Å². The van der Waals surface area contributed by atoms with Crippen LogP contribution in [0.2, 0.25) is 0 Å². The molecule has 0 saturated carbocycles. The predicted octanol–water partition coefficient (Wildman–Crippen LogP) is 13.9. The van der Waals surface area contributed by atoms with Crippen molar-refractivity contribution in [1.29, 1.82) is 0 Å².